The molecule has 3 rings (SSSR count). The predicted octanol–water partition coefficient (Wildman–Crippen LogP) is 3.77. The van der Waals surface area contributed by atoms with Gasteiger partial charge in [-0.2, -0.15) is 10.1 Å². The Bertz CT molecular complexity index is 869. The molecule has 0 saturated heterocycles. The van der Waals surface area contributed by atoms with Crippen LogP contribution in [0.4, 0.5) is 5.69 Å². The number of nitro groups is 1. The highest BCUT2D eigenvalue weighted by molar-refractivity contribution is 6.30. The highest BCUT2D eigenvalue weighted by Crippen LogP contribution is 2.30. The Morgan fingerprint density at radius 1 is 1.27 bits per heavy atom. The summed E-state index contributed by atoms with van der Waals surface area (Å²) in [6.45, 7) is 3.33. The van der Waals surface area contributed by atoms with E-state index in [2.05, 4.69) is 5.10 Å². The molecule has 0 saturated carbocycles. The van der Waals surface area contributed by atoms with Crippen molar-refractivity contribution < 1.29 is 14.1 Å². The number of carbonyl (C=O) groups is 1. The topological polar surface area (TPSA) is 89.0 Å². The van der Waals surface area contributed by atoms with E-state index in [4.69, 9.17) is 4.42 Å². The smallest absolute Gasteiger partial charge is 0.280 e. The molecule has 2 aromatic rings. The molecular formula is C19H19N3O4. The Morgan fingerprint density at radius 3 is 2.62 bits per heavy atom. The Balaban J connectivity index is 1.88. The van der Waals surface area contributed by atoms with E-state index in [1.54, 1.807) is 19.1 Å². The summed E-state index contributed by atoms with van der Waals surface area (Å²) in [7, 11) is 0. The van der Waals surface area contributed by atoms with Gasteiger partial charge in [-0.3, -0.25) is 14.9 Å². The number of allylic oxidation sites excluding steroid dienone is 1. The lowest BCUT2D eigenvalue weighted by Gasteiger charge is -2.14. The average Bonchev–Trinajstić information content (AvgIpc) is 3.23. The van der Waals surface area contributed by atoms with Gasteiger partial charge >= 0.3 is 0 Å². The average molecular weight is 353 g/mol. The molecule has 2 heterocycles. The molecular weight excluding hydrogens is 334 g/mol. The summed E-state index contributed by atoms with van der Waals surface area (Å²) in [5, 5.41) is 16.7. The Morgan fingerprint density at radius 2 is 2.00 bits per heavy atom. The Hall–Kier alpha value is -3.22. The number of amides is 1. The molecule has 134 valence electrons. The second-order valence-electron chi connectivity index (χ2n) is 6.23. The van der Waals surface area contributed by atoms with E-state index in [0.29, 0.717) is 29.2 Å². The summed E-state index contributed by atoms with van der Waals surface area (Å²) in [6.07, 6.45) is 1.85. The lowest BCUT2D eigenvalue weighted by atomic mass is 9.93. The first-order valence-corrected chi connectivity index (χ1v) is 8.27. The maximum atomic E-state index is 12.8. The van der Waals surface area contributed by atoms with Crippen molar-refractivity contribution in [2.75, 3.05) is 11.6 Å². The molecule has 1 aromatic carbocycles. The summed E-state index contributed by atoms with van der Waals surface area (Å²) in [6, 6.07) is 12.6. The highest BCUT2D eigenvalue weighted by Gasteiger charge is 2.32. The van der Waals surface area contributed by atoms with E-state index < -0.39 is 5.92 Å². The van der Waals surface area contributed by atoms with Crippen LogP contribution in [0, 0.1) is 10.1 Å². The highest BCUT2D eigenvalue weighted by atomic mass is 16.6. The fraction of sp³-hybridized carbons (Fsp3) is 0.263. The van der Waals surface area contributed by atoms with Crippen LogP contribution in [0.25, 0.3) is 0 Å². The third-order valence-corrected chi connectivity index (χ3v) is 4.31. The molecule has 1 aromatic heterocycles. The van der Waals surface area contributed by atoms with Crippen LogP contribution in [-0.4, -0.2) is 23.1 Å². The van der Waals surface area contributed by atoms with Gasteiger partial charge in [0.15, 0.2) is 0 Å². The normalized spacial score (nSPS) is 17.2. The molecule has 0 radical (unpaired) electrons. The molecule has 1 amide bonds. The number of nitrogens with zero attached hydrogens (tertiary/aromatic N) is 3. The minimum absolute atomic E-state index is 0.217. The van der Waals surface area contributed by atoms with Gasteiger partial charge in [-0.15, -0.1) is 0 Å². The predicted molar refractivity (Wildman–Crippen MR) is 97.7 cm³/mol. The largest absolute Gasteiger partial charge is 0.469 e. The molecule has 0 unspecified atom stereocenters. The zero-order valence-corrected chi connectivity index (χ0v) is 14.6. The van der Waals surface area contributed by atoms with Crippen molar-refractivity contribution in [3.63, 3.8) is 0 Å². The van der Waals surface area contributed by atoms with Gasteiger partial charge in [-0.25, -0.2) is 0 Å². The fourth-order valence-corrected chi connectivity index (χ4v) is 3.17. The van der Waals surface area contributed by atoms with Gasteiger partial charge in [-0.1, -0.05) is 23.8 Å². The number of rotatable bonds is 6. The van der Waals surface area contributed by atoms with Crippen LogP contribution < -0.4 is 5.01 Å². The third-order valence-electron chi connectivity index (χ3n) is 4.31. The first-order chi connectivity index (χ1) is 12.5. The number of benzene rings is 1. The first-order valence-electron chi connectivity index (χ1n) is 8.27. The lowest BCUT2D eigenvalue weighted by molar-refractivity contribution is -0.483. The van der Waals surface area contributed by atoms with Crippen LogP contribution in [0.2, 0.25) is 0 Å². The maximum absolute atomic E-state index is 12.8. The molecule has 7 heteroatoms. The standard InChI is InChI=1S/C19H19N3O4/c1-13(11-15(12-21(24)25)17-9-6-10-26-17)18-14(2)20-22(19(18)23)16-7-4-3-5-8-16/h3-10,15H,11-12H2,1-2H3/b18-13-/t15-/m0/s1. The zero-order chi connectivity index (χ0) is 18.7. The van der Waals surface area contributed by atoms with Gasteiger partial charge in [0.2, 0.25) is 6.54 Å². The number of hydrazone groups is 1. The Kier molecular flexibility index (Phi) is 4.97. The first kappa shape index (κ1) is 17.6. The van der Waals surface area contributed by atoms with E-state index in [-0.39, 0.29) is 17.4 Å². The van der Waals surface area contributed by atoms with Gasteiger partial charge in [0, 0.05) is 4.92 Å². The van der Waals surface area contributed by atoms with Crippen molar-refractivity contribution in [3.05, 3.63) is 75.7 Å². The van der Waals surface area contributed by atoms with Crippen LogP contribution in [0.15, 0.2) is 69.4 Å². The van der Waals surface area contributed by atoms with Crippen molar-refractivity contribution in [1.29, 1.82) is 0 Å². The molecule has 0 N–H and O–H groups in total. The van der Waals surface area contributed by atoms with Crippen LogP contribution in [0.5, 0.6) is 0 Å². The summed E-state index contributed by atoms with van der Waals surface area (Å²) in [5.74, 6) is -0.106. The van der Waals surface area contributed by atoms with Gasteiger partial charge in [0.05, 0.1) is 29.2 Å². The van der Waals surface area contributed by atoms with Gasteiger partial charge in [0.1, 0.15) is 5.76 Å². The molecule has 1 atom stereocenters. The molecule has 1 aliphatic heterocycles. The van der Waals surface area contributed by atoms with Crippen LogP contribution in [0.3, 0.4) is 0 Å². The SMILES string of the molecule is CC1=NN(c2ccccc2)C(=O)/C1=C(/C)C[C@@H](C[N+](=O)[O-])c1ccco1. The number of furan rings is 1. The summed E-state index contributed by atoms with van der Waals surface area (Å²) in [5.41, 5.74) is 2.56. The van der Waals surface area contributed by atoms with E-state index >= 15 is 0 Å². The monoisotopic (exact) mass is 353 g/mol. The molecule has 1 aliphatic rings. The van der Waals surface area contributed by atoms with Crippen molar-refractivity contribution in [1.82, 2.24) is 0 Å². The number of para-hydroxylation sites is 1. The van der Waals surface area contributed by atoms with Crippen molar-refractivity contribution >= 4 is 17.3 Å². The minimum atomic E-state index is -0.432. The Labute approximate surface area is 150 Å². The maximum Gasteiger partial charge on any atom is 0.280 e. The molecule has 0 fully saturated rings. The van der Waals surface area contributed by atoms with Gasteiger partial charge in [-0.05, 0) is 44.5 Å². The number of anilines is 1. The number of hydrogen-bond donors (Lipinski definition) is 0. The van der Waals surface area contributed by atoms with Crippen LogP contribution in [0.1, 0.15) is 31.9 Å². The molecule has 0 bridgehead atoms. The third kappa shape index (κ3) is 3.56. The van der Waals surface area contributed by atoms with Crippen molar-refractivity contribution in [2.24, 2.45) is 5.10 Å². The van der Waals surface area contributed by atoms with E-state index in [0.717, 1.165) is 5.57 Å². The molecule has 26 heavy (non-hydrogen) atoms. The van der Waals surface area contributed by atoms with E-state index in [9.17, 15) is 14.9 Å². The van der Waals surface area contributed by atoms with Gasteiger partial charge in [0.25, 0.3) is 5.91 Å². The van der Waals surface area contributed by atoms with Crippen molar-refractivity contribution in [2.45, 2.75) is 26.2 Å². The summed E-state index contributed by atoms with van der Waals surface area (Å²) in [4.78, 5) is 23.5. The quantitative estimate of drug-likeness (QED) is 0.449. The van der Waals surface area contributed by atoms with Gasteiger partial charge < -0.3 is 4.42 Å². The fourth-order valence-electron chi connectivity index (χ4n) is 3.17. The second-order valence-corrected chi connectivity index (χ2v) is 6.23. The van der Waals surface area contributed by atoms with Crippen LogP contribution in [-0.2, 0) is 4.79 Å². The summed E-state index contributed by atoms with van der Waals surface area (Å²) < 4.78 is 5.35. The minimum Gasteiger partial charge on any atom is -0.469 e. The molecule has 0 spiro atoms. The zero-order valence-electron chi connectivity index (χ0n) is 14.6. The second kappa shape index (κ2) is 7.35. The molecule has 7 nitrogen and oxygen atoms in total. The van der Waals surface area contributed by atoms with E-state index in [1.165, 1.54) is 11.3 Å². The molecule has 0 aliphatic carbocycles. The number of hydrogen-bond acceptors (Lipinski definition) is 5. The lowest BCUT2D eigenvalue weighted by Crippen LogP contribution is -2.22. The van der Waals surface area contributed by atoms with Crippen molar-refractivity contribution in [3.8, 4) is 0 Å². The summed E-state index contributed by atoms with van der Waals surface area (Å²) >= 11 is 0. The van der Waals surface area contributed by atoms with Crippen LogP contribution >= 0.6 is 0 Å². The number of carbonyl (C=O) groups excluding carboxylic acids is 1. The van der Waals surface area contributed by atoms with E-state index in [1.807, 2.05) is 37.3 Å².